The van der Waals surface area contributed by atoms with E-state index in [-0.39, 0.29) is 23.7 Å². The molecule has 0 atom stereocenters. The predicted octanol–water partition coefficient (Wildman–Crippen LogP) is 7.60. The van der Waals surface area contributed by atoms with Gasteiger partial charge in [-0.25, -0.2) is 0 Å². The molecule has 200 valence electrons. The highest BCUT2D eigenvalue weighted by Crippen LogP contribution is 2.37. The summed E-state index contributed by atoms with van der Waals surface area (Å²) < 4.78 is 13.1. The number of aromatic nitrogens is 3. The van der Waals surface area contributed by atoms with E-state index in [0.29, 0.717) is 28.0 Å². The van der Waals surface area contributed by atoms with E-state index in [2.05, 4.69) is 67.4 Å². The fourth-order valence-electron chi connectivity index (χ4n) is 4.62. The zero-order chi connectivity index (χ0) is 27.7. The zero-order valence-electron chi connectivity index (χ0n) is 22.6. The van der Waals surface area contributed by atoms with Crippen LogP contribution in [0.1, 0.15) is 36.7 Å². The van der Waals surface area contributed by atoms with Gasteiger partial charge in [-0.3, -0.25) is 9.36 Å². The lowest BCUT2D eigenvalue weighted by Gasteiger charge is -2.19. The molecule has 0 amide bonds. The Kier molecular flexibility index (Phi) is 6.90. The first-order valence-electron chi connectivity index (χ1n) is 13.1. The maximum Gasteiger partial charge on any atom is 0.231 e. The van der Waals surface area contributed by atoms with E-state index in [9.17, 15) is 4.79 Å². The summed E-state index contributed by atoms with van der Waals surface area (Å²) in [6.45, 7) is 6.77. The van der Waals surface area contributed by atoms with Crippen LogP contribution in [0.4, 0.5) is 0 Å². The van der Waals surface area contributed by atoms with E-state index in [1.807, 2.05) is 65.2 Å². The minimum Gasteiger partial charge on any atom is -0.454 e. The van der Waals surface area contributed by atoms with Crippen LogP contribution in [0.2, 0.25) is 0 Å². The summed E-state index contributed by atoms with van der Waals surface area (Å²) in [4.78, 5) is 13.2. The van der Waals surface area contributed by atoms with Gasteiger partial charge in [0.05, 0.1) is 11.4 Å². The van der Waals surface area contributed by atoms with Crippen molar-refractivity contribution in [2.45, 2.75) is 31.3 Å². The number of fused-ring (bicyclic) bond motifs is 1. The molecule has 0 spiro atoms. The molecule has 6 nitrogen and oxygen atoms in total. The second-order valence-electron chi connectivity index (χ2n) is 10.7. The van der Waals surface area contributed by atoms with Crippen molar-refractivity contribution in [3.63, 3.8) is 0 Å². The van der Waals surface area contributed by atoms with E-state index >= 15 is 0 Å². The third-order valence-corrected chi connectivity index (χ3v) is 7.83. The van der Waals surface area contributed by atoms with E-state index < -0.39 is 0 Å². The van der Waals surface area contributed by atoms with Crippen molar-refractivity contribution in [1.29, 1.82) is 0 Å². The van der Waals surface area contributed by atoms with E-state index in [4.69, 9.17) is 9.47 Å². The highest BCUT2D eigenvalue weighted by molar-refractivity contribution is 7.99. The summed E-state index contributed by atoms with van der Waals surface area (Å²) in [5.41, 5.74) is 5.93. The Morgan fingerprint density at radius 3 is 2.20 bits per heavy atom. The lowest BCUT2D eigenvalue weighted by atomic mass is 9.87. The number of carbonyl (C=O) groups is 1. The fraction of sp³-hybridized carbons (Fsp3) is 0.182. The molecule has 0 saturated carbocycles. The quantitative estimate of drug-likeness (QED) is 0.154. The van der Waals surface area contributed by atoms with Crippen LogP contribution in [0.25, 0.3) is 28.2 Å². The van der Waals surface area contributed by atoms with Crippen LogP contribution in [0, 0.1) is 0 Å². The standard InChI is InChI=1S/C33H29N3O3S/c1-33(2,3)26-15-13-25(14-16-26)31-34-35-32(36(31)27-17-18-29-30(19-27)39-21-38-29)40-20-28(37)24-11-9-23(10-12-24)22-7-5-4-6-8-22/h4-19H,20-21H2,1-3H3. The van der Waals surface area contributed by atoms with Gasteiger partial charge in [0, 0.05) is 17.2 Å². The molecule has 7 heteroatoms. The average Bonchev–Trinajstić information content (AvgIpc) is 3.63. The summed E-state index contributed by atoms with van der Waals surface area (Å²) in [6, 6.07) is 32.0. The Morgan fingerprint density at radius 2 is 1.48 bits per heavy atom. The Bertz CT molecular complexity index is 1650. The van der Waals surface area contributed by atoms with Crippen molar-refractivity contribution in [2.24, 2.45) is 0 Å². The van der Waals surface area contributed by atoms with Gasteiger partial charge in [-0.2, -0.15) is 0 Å². The van der Waals surface area contributed by atoms with E-state index in [1.54, 1.807) is 0 Å². The normalized spacial score (nSPS) is 12.5. The number of ketones is 1. The van der Waals surface area contributed by atoms with Crippen molar-refractivity contribution >= 4 is 17.5 Å². The van der Waals surface area contributed by atoms with Crippen molar-refractivity contribution in [3.8, 4) is 39.7 Å². The van der Waals surface area contributed by atoms with E-state index in [1.165, 1.54) is 17.3 Å². The lowest BCUT2D eigenvalue weighted by Crippen LogP contribution is -2.10. The summed E-state index contributed by atoms with van der Waals surface area (Å²) in [7, 11) is 0. The molecule has 0 unspecified atom stereocenters. The van der Waals surface area contributed by atoms with Crippen LogP contribution >= 0.6 is 11.8 Å². The molecule has 1 aliphatic rings. The molecule has 0 bridgehead atoms. The molecule has 4 aromatic carbocycles. The molecular formula is C33H29N3O3S. The first-order chi connectivity index (χ1) is 19.4. The van der Waals surface area contributed by atoms with Crippen molar-refractivity contribution in [2.75, 3.05) is 12.5 Å². The number of hydrogen-bond donors (Lipinski definition) is 0. The monoisotopic (exact) mass is 547 g/mol. The van der Waals surface area contributed by atoms with Gasteiger partial charge in [0.15, 0.2) is 28.3 Å². The van der Waals surface area contributed by atoms with Gasteiger partial charge in [-0.15, -0.1) is 10.2 Å². The third kappa shape index (κ3) is 5.25. The highest BCUT2D eigenvalue weighted by atomic mass is 32.2. The van der Waals surface area contributed by atoms with Gasteiger partial charge in [0.1, 0.15) is 0 Å². The van der Waals surface area contributed by atoms with Gasteiger partial charge < -0.3 is 9.47 Å². The smallest absolute Gasteiger partial charge is 0.231 e. The molecule has 0 radical (unpaired) electrons. The summed E-state index contributed by atoms with van der Waals surface area (Å²) in [5.74, 6) is 2.33. The minimum absolute atomic E-state index is 0.0286. The van der Waals surface area contributed by atoms with Crippen molar-refractivity contribution in [1.82, 2.24) is 14.8 Å². The van der Waals surface area contributed by atoms with Gasteiger partial charge in [-0.1, -0.05) is 111 Å². The number of nitrogens with zero attached hydrogens (tertiary/aromatic N) is 3. The minimum atomic E-state index is 0.0286. The molecule has 0 N–H and O–H groups in total. The highest BCUT2D eigenvalue weighted by Gasteiger charge is 2.22. The van der Waals surface area contributed by atoms with Crippen LogP contribution in [0.15, 0.2) is 102 Å². The second-order valence-corrected chi connectivity index (χ2v) is 11.6. The van der Waals surface area contributed by atoms with Crippen molar-refractivity contribution in [3.05, 3.63) is 108 Å². The van der Waals surface area contributed by atoms with Crippen LogP contribution in [-0.2, 0) is 5.41 Å². The predicted molar refractivity (Wildman–Crippen MR) is 159 cm³/mol. The zero-order valence-corrected chi connectivity index (χ0v) is 23.4. The molecule has 1 aliphatic heterocycles. The van der Waals surface area contributed by atoms with Crippen LogP contribution < -0.4 is 9.47 Å². The number of rotatable bonds is 7. The first-order valence-corrected chi connectivity index (χ1v) is 14.1. The molecule has 0 saturated heterocycles. The maximum absolute atomic E-state index is 13.2. The molecule has 6 rings (SSSR count). The van der Waals surface area contributed by atoms with Crippen LogP contribution in [0.5, 0.6) is 11.5 Å². The molecule has 2 heterocycles. The summed E-state index contributed by atoms with van der Waals surface area (Å²) >= 11 is 1.37. The number of benzene rings is 4. The van der Waals surface area contributed by atoms with Gasteiger partial charge >= 0.3 is 0 Å². The first kappa shape index (κ1) is 25.9. The summed E-state index contributed by atoms with van der Waals surface area (Å²) in [6.07, 6.45) is 0. The van der Waals surface area contributed by atoms with Gasteiger partial charge in [0.2, 0.25) is 6.79 Å². The molecular weight excluding hydrogens is 518 g/mol. The lowest BCUT2D eigenvalue weighted by molar-refractivity contribution is 0.102. The Balaban J connectivity index is 1.28. The fourth-order valence-corrected chi connectivity index (χ4v) is 5.47. The number of thioether (sulfide) groups is 1. The molecule has 0 fully saturated rings. The molecule has 0 aliphatic carbocycles. The SMILES string of the molecule is CC(C)(C)c1ccc(-c2nnc(SCC(=O)c3ccc(-c4ccccc4)cc3)n2-c2ccc3c(c2)OCO3)cc1. The average molecular weight is 548 g/mol. The Morgan fingerprint density at radius 1 is 0.800 bits per heavy atom. The topological polar surface area (TPSA) is 66.2 Å². The van der Waals surface area contributed by atoms with Crippen LogP contribution in [0.3, 0.4) is 0 Å². The maximum atomic E-state index is 13.2. The molecule has 5 aromatic rings. The number of hydrogen-bond acceptors (Lipinski definition) is 6. The molecule has 40 heavy (non-hydrogen) atoms. The van der Waals surface area contributed by atoms with Gasteiger partial charge in [0.25, 0.3) is 0 Å². The number of Topliss-reactive ketones (excluding diaryl/α,β-unsaturated/α-hetero) is 1. The largest absolute Gasteiger partial charge is 0.454 e. The van der Waals surface area contributed by atoms with E-state index in [0.717, 1.165) is 22.4 Å². The molecule has 1 aromatic heterocycles. The van der Waals surface area contributed by atoms with Crippen molar-refractivity contribution < 1.29 is 14.3 Å². The Labute approximate surface area is 238 Å². The van der Waals surface area contributed by atoms with Crippen LogP contribution in [-0.4, -0.2) is 33.1 Å². The van der Waals surface area contributed by atoms with Gasteiger partial charge in [-0.05, 0) is 34.2 Å². The Hall–Kier alpha value is -4.36. The number of ether oxygens (including phenoxy) is 2. The second kappa shape index (κ2) is 10.7. The number of carbonyl (C=O) groups excluding carboxylic acids is 1. The summed E-state index contributed by atoms with van der Waals surface area (Å²) in [5, 5.41) is 9.69. The third-order valence-electron chi connectivity index (χ3n) is 6.90.